The van der Waals surface area contributed by atoms with Crippen molar-refractivity contribution in [2.45, 2.75) is 88.5 Å². The summed E-state index contributed by atoms with van der Waals surface area (Å²) in [6, 6.07) is 9.72. The van der Waals surface area contributed by atoms with Crippen molar-refractivity contribution in [1.82, 2.24) is 19.9 Å². The molecule has 0 spiro atoms. The summed E-state index contributed by atoms with van der Waals surface area (Å²) < 4.78 is 88.6. The average molecular weight is 768 g/mol. The Morgan fingerprint density at radius 2 is 1.54 bits per heavy atom. The Morgan fingerprint density at radius 3 is 2.13 bits per heavy atom. The Bertz CT molecular complexity index is 1830. The van der Waals surface area contributed by atoms with Gasteiger partial charge in [0.2, 0.25) is 11.2 Å². The molecule has 8 nitrogen and oxygen atoms in total. The van der Waals surface area contributed by atoms with Gasteiger partial charge in [-0.25, -0.2) is 19.7 Å². The molecule has 0 amide bonds. The second-order valence-corrected chi connectivity index (χ2v) is 13.8. The first-order chi connectivity index (χ1) is 24.7. The highest BCUT2D eigenvalue weighted by Crippen LogP contribution is 2.39. The van der Waals surface area contributed by atoms with E-state index < -0.39 is 29.5 Å². The molecule has 2 aromatic heterocycles. The topological polar surface area (TPSA) is 84.3 Å². The van der Waals surface area contributed by atoms with E-state index in [4.69, 9.17) is 27.9 Å². The van der Waals surface area contributed by atoms with Crippen molar-refractivity contribution in [2.24, 2.45) is 0 Å². The number of ether oxygens (including phenoxy) is 1. The summed E-state index contributed by atoms with van der Waals surface area (Å²) in [5.74, 6) is 0.216. The van der Waals surface area contributed by atoms with Gasteiger partial charge in [-0.1, -0.05) is 36.7 Å². The zero-order valence-electron chi connectivity index (χ0n) is 27.8. The van der Waals surface area contributed by atoms with E-state index in [9.17, 15) is 31.1 Å². The van der Waals surface area contributed by atoms with Gasteiger partial charge in [-0.05, 0) is 97.5 Å². The molecule has 52 heavy (non-hydrogen) atoms. The van der Waals surface area contributed by atoms with Crippen LogP contribution in [0.25, 0.3) is 0 Å². The predicted molar refractivity (Wildman–Crippen MR) is 183 cm³/mol. The van der Waals surface area contributed by atoms with Gasteiger partial charge in [0, 0.05) is 31.5 Å². The first-order valence-corrected chi connectivity index (χ1v) is 17.5. The van der Waals surface area contributed by atoms with Crippen LogP contribution in [-0.4, -0.2) is 50.6 Å². The Kier molecular flexibility index (Phi) is 11.2. The van der Waals surface area contributed by atoms with Crippen LogP contribution in [0.5, 0.6) is 0 Å². The third-order valence-electron chi connectivity index (χ3n) is 9.62. The highest BCUT2D eigenvalue weighted by molar-refractivity contribution is 6.33. The Morgan fingerprint density at radius 1 is 0.904 bits per heavy atom. The summed E-state index contributed by atoms with van der Waals surface area (Å²) in [5.41, 5.74) is -1.69. The minimum Gasteiger partial charge on any atom is -0.459 e. The standard InChI is InChI=1S/C36H34Cl2F6N6O2/c1-2-27-15-28(20-49(27)31-30(37)18-45-33(38)48-31)50(19-21-12-25(35(39,40)41)14-26(13-21)36(42,43)44)34-46-16-24(17-47-34)22-8-10-29(11-9-22)52-32(51)23-6-4-3-5-7-23/h3-7,12-14,16-18,22,27-29H,2,8-11,15,19-20H2,1H3. The number of aromatic nitrogens is 4. The monoisotopic (exact) mass is 766 g/mol. The fraction of sp³-hybridized carbons (Fsp3) is 0.417. The van der Waals surface area contributed by atoms with Crippen molar-refractivity contribution in [1.29, 1.82) is 0 Å². The van der Waals surface area contributed by atoms with E-state index in [0.29, 0.717) is 49.9 Å². The van der Waals surface area contributed by atoms with Gasteiger partial charge >= 0.3 is 18.3 Å². The summed E-state index contributed by atoms with van der Waals surface area (Å²) in [6.45, 7) is 1.87. The van der Waals surface area contributed by atoms with Gasteiger partial charge in [0.15, 0.2) is 5.82 Å². The SMILES string of the molecule is CCC1CC(N(Cc2cc(C(F)(F)F)cc(C(F)(F)F)c2)c2ncc(C3CCC(OC(=O)c4ccccc4)CC3)cn2)CN1c1nc(Cl)ncc1Cl. The van der Waals surface area contributed by atoms with Crippen molar-refractivity contribution in [3.63, 3.8) is 0 Å². The van der Waals surface area contributed by atoms with Gasteiger partial charge in [0.25, 0.3) is 0 Å². The number of anilines is 2. The summed E-state index contributed by atoms with van der Waals surface area (Å²) in [6.07, 6.45) is -1.79. The minimum absolute atomic E-state index is 0.0273. The largest absolute Gasteiger partial charge is 0.459 e. The fourth-order valence-corrected chi connectivity index (χ4v) is 7.30. The number of carbonyl (C=O) groups excluding carboxylic acids is 1. The Labute approximate surface area is 306 Å². The van der Waals surface area contributed by atoms with Crippen molar-refractivity contribution < 1.29 is 35.9 Å². The number of benzene rings is 2. The van der Waals surface area contributed by atoms with Crippen LogP contribution in [0.15, 0.2) is 67.1 Å². The highest BCUT2D eigenvalue weighted by atomic mass is 35.5. The number of carbonyl (C=O) groups is 1. The normalized spacial score (nSPS) is 20.9. The fourth-order valence-electron chi connectivity index (χ4n) is 6.97. The number of rotatable bonds is 9. The molecule has 16 heteroatoms. The van der Waals surface area contributed by atoms with E-state index >= 15 is 0 Å². The molecule has 2 aliphatic rings. The molecular weight excluding hydrogens is 733 g/mol. The molecule has 2 unspecified atom stereocenters. The number of hydrogen-bond acceptors (Lipinski definition) is 8. The molecule has 4 aromatic rings. The van der Waals surface area contributed by atoms with E-state index in [2.05, 4.69) is 19.9 Å². The van der Waals surface area contributed by atoms with Gasteiger partial charge in [0.05, 0.1) is 28.9 Å². The number of nitrogens with zero attached hydrogens (tertiary/aromatic N) is 6. The van der Waals surface area contributed by atoms with Crippen molar-refractivity contribution >= 4 is 40.9 Å². The third kappa shape index (κ3) is 8.71. The first kappa shape index (κ1) is 37.6. The van der Waals surface area contributed by atoms with Crippen molar-refractivity contribution in [2.75, 3.05) is 16.3 Å². The molecule has 1 saturated carbocycles. The van der Waals surface area contributed by atoms with Gasteiger partial charge in [-0.3, -0.25) is 0 Å². The molecule has 0 N–H and O–H groups in total. The van der Waals surface area contributed by atoms with Crippen molar-refractivity contribution in [3.05, 3.63) is 105 Å². The summed E-state index contributed by atoms with van der Waals surface area (Å²) in [4.78, 5) is 33.5. The first-order valence-electron chi connectivity index (χ1n) is 16.8. The van der Waals surface area contributed by atoms with Crippen LogP contribution in [0.3, 0.4) is 0 Å². The van der Waals surface area contributed by atoms with Gasteiger partial charge < -0.3 is 14.5 Å². The Hall–Kier alpha value is -4.17. The van der Waals surface area contributed by atoms with Crippen LogP contribution in [-0.2, 0) is 23.6 Å². The predicted octanol–water partition coefficient (Wildman–Crippen LogP) is 9.56. The van der Waals surface area contributed by atoms with E-state index in [0.717, 1.165) is 17.7 Å². The van der Waals surface area contributed by atoms with Crippen LogP contribution in [0, 0.1) is 0 Å². The zero-order valence-corrected chi connectivity index (χ0v) is 29.4. The van der Waals surface area contributed by atoms with Gasteiger partial charge in [0.1, 0.15) is 11.1 Å². The maximum absolute atomic E-state index is 13.8. The van der Waals surface area contributed by atoms with E-state index in [-0.39, 0.29) is 65.0 Å². The molecule has 1 saturated heterocycles. The summed E-state index contributed by atoms with van der Waals surface area (Å²) in [5, 5.41) is 0.216. The lowest BCUT2D eigenvalue weighted by Gasteiger charge is -2.31. The highest BCUT2D eigenvalue weighted by Gasteiger charge is 2.40. The van der Waals surface area contributed by atoms with Crippen LogP contribution in [0.1, 0.15) is 84.0 Å². The zero-order chi connectivity index (χ0) is 37.2. The van der Waals surface area contributed by atoms with Crippen molar-refractivity contribution in [3.8, 4) is 0 Å². The Balaban J connectivity index is 1.26. The summed E-state index contributed by atoms with van der Waals surface area (Å²) in [7, 11) is 0. The number of halogens is 8. The summed E-state index contributed by atoms with van der Waals surface area (Å²) >= 11 is 12.5. The quantitative estimate of drug-likeness (QED) is 0.0947. The van der Waals surface area contributed by atoms with Crippen LogP contribution in [0.2, 0.25) is 10.3 Å². The van der Waals surface area contributed by atoms with E-state index in [1.165, 1.54) is 6.20 Å². The molecular formula is C36H34Cl2F6N6O2. The lowest BCUT2D eigenvalue weighted by molar-refractivity contribution is -0.143. The molecule has 3 heterocycles. The van der Waals surface area contributed by atoms with Crippen LogP contribution >= 0.6 is 23.2 Å². The maximum Gasteiger partial charge on any atom is 0.416 e. The lowest BCUT2D eigenvalue weighted by Crippen LogP contribution is -2.39. The number of hydrogen-bond donors (Lipinski definition) is 0. The van der Waals surface area contributed by atoms with Gasteiger partial charge in [-0.15, -0.1) is 0 Å². The second-order valence-electron chi connectivity index (χ2n) is 13.0. The van der Waals surface area contributed by atoms with Crippen LogP contribution in [0.4, 0.5) is 38.1 Å². The molecule has 1 aliphatic heterocycles. The van der Waals surface area contributed by atoms with E-state index in [1.807, 2.05) is 17.9 Å². The molecule has 0 bridgehead atoms. The molecule has 2 fully saturated rings. The smallest absolute Gasteiger partial charge is 0.416 e. The van der Waals surface area contributed by atoms with Gasteiger partial charge in [-0.2, -0.15) is 31.3 Å². The number of alkyl halides is 6. The molecule has 0 radical (unpaired) electrons. The lowest BCUT2D eigenvalue weighted by atomic mass is 9.84. The maximum atomic E-state index is 13.8. The van der Waals surface area contributed by atoms with E-state index in [1.54, 1.807) is 41.6 Å². The molecule has 1 aliphatic carbocycles. The minimum atomic E-state index is -5.00. The molecule has 276 valence electrons. The molecule has 6 rings (SSSR count). The number of esters is 1. The second kappa shape index (κ2) is 15.4. The molecule has 2 aromatic carbocycles. The molecule has 2 atom stereocenters. The third-order valence-corrected chi connectivity index (χ3v) is 10.1. The average Bonchev–Trinajstić information content (AvgIpc) is 3.55. The van der Waals surface area contributed by atoms with Crippen LogP contribution < -0.4 is 9.80 Å².